The van der Waals surface area contributed by atoms with Gasteiger partial charge in [0.25, 0.3) is 0 Å². The van der Waals surface area contributed by atoms with Crippen LogP contribution in [0.3, 0.4) is 0 Å². The van der Waals surface area contributed by atoms with E-state index in [1.165, 1.54) is 0 Å². The second-order valence-electron chi connectivity index (χ2n) is 4.06. The predicted molar refractivity (Wildman–Crippen MR) is 67.4 cm³/mol. The maximum atomic E-state index is 13.7. The first kappa shape index (κ1) is 13.2. The Kier molecular flexibility index (Phi) is 4.97. The largest absolute Gasteiger partial charge is 0.316 e. The fraction of sp³-hybridized carbons (Fsp3) is 0.385. The molecule has 1 nitrogen and oxygen atoms in total. The molecular formula is C13H17ClFN. The minimum Gasteiger partial charge on any atom is -0.316 e. The number of rotatable bonds is 5. The third-order valence-corrected chi connectivity index (χ3v) is 2.79. The van der Waals surface area contributed by atoms with Gasteiger partial charge in [-0.1, -0.05) is 29.3 Å². The first-order chi connectivity index (χ1) is 7.54. The van der Waals surface area contributed by atoms with E-state index in [9.17, 15) is 4.39 Å². The summed E-state index contributed by atoms with van der Waals surface area (Å²) in [5, 5.41) is 3.34. The zero-order valence-corrected chi connectivity index (χ0v) is 10.4. The Balaban J connectivity index is 2.77. The molecule has 0 fully saturated rings. The molecule has 0 amide bonds. The summed E-state index contributed by atoms with van der Waals surface area (Å²) in [5.74, 6) is -0.314. The average molecular weight is 242 g/mol. The van der Waals surface area contributed by atoms with E-state index in [-0.39, 0.29) is 16.9 Å². The van der Waals surface area contributed by atoms with Crippen LogP contribution < -0.4 is 5.32 Å². The molecule has 1 N–H and O–H groups in total. The van der Waals surface area contributed by atoms with Crippen molar-refractivity contribution >= 4 is 11.6 Å². The number of benzene rings is 1. The molecule has 3 heteroatoms. The number of hydrogen-bond acceptors (Lipinski definition) is 1. The molecule has 0 spiro atoms. The zero-order chi connectivity index (χ0) is 12.1. The standard InChI is InChI=1S/C13H17ClFN/c1-9(2)7-11(16-3)8-10-5-4-6-12(14)13(10)15/h4-6,11,16H,1,7-8H2,2-3H3. The van der Waals surface area contributed by atoms with Crippen LogP contribution in [0.15, 0.2) is 30.4 Å². The van der Waals surface area contributed by atoms with Gasteiger partial charge in [0.1, 0.15) is 5.82 Å². The van der Waals surface area contributed by atoms with Gasteiger partial charge >= 0.3 is 0 Å². The Labute approximate surface area is 101 Å². The quantitative estimate of drug-likeness (QED) is 0.777. The van der Waals surface area contributed by atoms with E-state index in [0.717, 1.165) is 12.0 Å². The van der Waals surface area contributed by atoms with Crippen molar-refractivity contribution in [1.82, 2.24) is 5.32 Å². The van der Waals surface area contributed by atoms with Crippen LogP contribution in [0.5, 0.6) is 0 Å². The average Bonchev–Trinajstić information content (AvgIpc) is 2.23. The Hall–Kier alpha value is -0.860. The van der Waals surface area contributed by atoms with Crippen LogP contribution in [0.2, 0.25) is 5.02 Å². The number of likely N-dealkylation sites (N-methyl/N-ethyl adjacent to an activating group) is 1. The third-order valence-electron chi connectivity index (χ3n) is 2.50. The van der Waals surface area contributed by atoms with Gasteiger partial charge in [-0.3, -0.25) is 0 Å². The number of hydrogen-bond donors (Lipinski definition) is 1. The summed E-state index contributed by atoms with van der Waals surface area (Å²) < 4.78 is 13.7. The van der Waals surface area contributed by atoms with Crippen molar-refractivity contribution in [3.05, 3.63) is 46.8 Å². The molecule has 1 aromatic rings. The topological polar surface area (TPSA) is 12.0 Å². The third kappa shape index (κ3) is 3.62. The molecule has 1 atom stereocenters. The van der Waals surface area contributed by atoms with E-state index in [2.05, 4.69) is 11.9 Å². The van der Waals surface area contributed by atoms with Crippen molar-refractivity contribution in [2.45, 2.75) is 25.8 Å². The van der Waals surface area contributed by atoms with Gasteiger partial charge in [-0.2, -0.15) is 0 Å². The SMILES string of the molecule is C=C(C)CC(Cc1cccc(Cl)c1F)NC. The Morgan fingerprint density at radius 1 is 1.56 bits per heavy atom. The first-order valence-corrected chi connectivity index (χ1v) is 5.67. The minimum atomic E-state index is -0.314. The van der Waals surface area contributed by atoms with Crippen molar-refractivity contribution in [3.8, 4) is 0 Å². The summed E-state index contributed by atoms with van der Waals surface area (Å²) in [4.78, 5) is 0. The first-order valence-electron chi connectivity index (χ1n) is 5.29. The van der Waals surface area contributed by atoms with Crippen LogP contribution >= 0.6 is 11.6 Å². The lowest BCUT2D eigenvalue weighted by atomic mass is 10.00. The van der Waals surface area contributed by atoms with E-state index in [4.69, 9.17) is 11.6 Å². The molecule has 0 aromatic heterocycles. The fourth-order valence-corrected chi connectivity index (χ4v) is 1.86. The highest BCUT2D eigenvalue weighted by atomic mass is 35.5. The van der Waals surface area contributed by atoms with Gasteiger partial charge in [-0.25, -0.2) is 4.39 Å². The maximum Gasteiger partial charge on any atom is 0.145 e. The molecule has 0 aliphatic rings. The summed E-state index contributed by atoms with van der Waals surface area (Å²) >= 11 is 5.73. The molecule has 0 bridgehead atoms. The van der Waals surface area contributed by atoms with Crippen LogP contribution in [0, 0.1) is 5.82 Å². The molecule has 0 aliphatic carbocycles. The van der Waals surface area contributed by atoms with Crippen molar-refractivity contribution in [2.24, 2.45) is 0 Å². The van der Waals surface area contributed by atoms with Gasteiger partial charge in [0.05, 0.1) is 5.02 Å². The Morgan fingerprint density at radius 3 is 2.81 bits per heavy atom. The lowest BCUT2D eigenvalue weighted by Crippen LogP contribution is -2.28. The van der Waals surface area contributed by atoms with Crippen LogP contribution in [0.1, 0.15) is 18.9 Å². The Bertz CT molecular complexity index is 376. The molecule has 16 heavy (non-hydrogen) atoms. The molecule has 1 aromatic carbocycles. The predicted octanol–water partition coefficient (Wildman–Crippen LogP) is 3.58. The molecule has 0 radical (unpaired) electrons. The minimum absolute atomic E-state index is 0.183. The van der Waals surface area contributed by atoms with E-state index < -0.39 is 0 Å². The van der Waals surface area contributed by atoms with Crippen LogP contribution in [0.4, 0.5) is 4.39 Å². The smallest absolute Gasteiger partial charge is 0.145 e. The second kappa shape index (κ2) is 6.02. The lowest BCUT2D eigenvalue weighted by molar-refractivity contribution is 0.531. The summed E-state index contributed by atoms with van der Waals surface area (Å²) in [7, 11) is 1.87. The van der Waals surface area contributed by atoms with Crippen molar-refractivity contribution < 1.29 is 4.39 Å². The van der Waals surface area contributed by atoms with Crippen molar-refractivity contribution in [3.63, 3.8) is 0 Å². The molecule has 0 aliphatic heterocycles. The normalized spacial score (nSPS) is 12.5. The monoisotopic (exact) mass is 241 g/mol. The summed E-state index contributed by atoms with van der Waals surface area (Å²) in [6.07, 6.45) is 1.46. The van der Waals surface area contributed by atoms with Crippen molar-refractivity contribution in [2.75, 3.05) is 7.05 Å². The molecular weight excluding hydrogens is 225 g/mol. The van der Waals surface area contributed by atoms with Gasteiger partial charge < -0.3 is 5.32 Å². The van der Waals surface area contributed by atoms with Crippen molar-refractivity contribution in [1.29, 1.82) is 0 Å². The van der Waals surface area contributed by atoms with E-state index in [1.54, 1.807) is 18.2 Å². The van der Waals surface area contributed by atoms with Crippen LogP contribution in [-0.2, 0) is 6.42 Å². The van der Waals surface area contributed by atoms with Gasteiger partial charge in [-0.05, 0) is 38.4 Å². The highest BCUT2D eigenvalue weighted by molar-refractivity contribution is 6.30. The van der Waals surface area contributed by atoms with Gasteiger partial charge in [0.15, 0.2) is 0 Å². The molecule has 0 heterocycles. The fourth-order valence-electron chi connectivity index (χ4n) is 1.67. The van der Waals surface area contributed by atoms with Crippen LogP contribution in [-0.4, -0.2) is 13.1 Å². The van der Waals surface area contributed by atoms with Crippen LogP contribution in [0.25, 0.3) is 0 Å². The number of nitrogens with one attached hydrogen (secondary N) is 1. The number of halogens is 2. The highest BCUT2D eigenvalue weighted by Gasteiger charge is 2.12. The molecule has 1 unspecified atom stereocenters. The lowest BCUT2D eigenvalue weighted by Gasteiger charge is -2.16. The molecule has 0 saturated carbocycles. The van der Waals surface area contributed by atoms with E-state index in [1.807, 2.05) is 14.0 Å². The highest BCUT2D eigenvalue weighted by Crippen LogP contribution is 2.20. The summed E-state index contributed by atoms with van der Waals surface area (Å²) in [5.41, 5.74) is 1.73. The summed E-state index contributed by atoms with van der Waals surface area (Å²) in [6.45, 7) is 5.84. The van der Waals surface area contributed by atoms with E-state index in [0.29, 0.717) is 12.0 Å². The van der Waals surface area contributed by atoms with Gasteiger partial charge in [-0.15, -0.1) is 6.58 Å². The molecule has 0 saturated heterocycles. The Morgan fingerprint density at radius 2 is 2.25 bits per heavy atom. The zero-order valence-electron chi connectivity index (χ0n) is 9.69. The van der Waals surface area contributed by atoms with Gasteiger partial charge in [0.2, 0.25) is 0 Å². The second-order valence-corrected chi connectivity index (χ2v) is 4.47. The molecule has 88 valence electrons. The summed E-state index contributed by atoms with van der Waals surface area (Å²) in [6, 6.07) is 5.30. The van der Waals surface area contributed by atoms with Gasteiger partial charge in [0, 0.05) is 6.04 Å². The molecule has 1 rings (SSSR count). The van der Waals surface area contributed by atoms with E-state index >= 15 is 0 Å². The maximum absolute atomic E-state index is 13.7.